The average Bonchev–Trinajstić information content (AvgIpc) is 2.37. The van der Waals surface area contributed by atoms with E-state index in [0.29, 0.717) is 11.4 Å². The highest BCUT2D eigenvalue weighted by Gasteiger charge is 2.09. The van der Waals surface area contributed by atoms with Crippen molar-refractivity contribution in [3.8, 4) is 0 Å². The Kier molecular flexibility index (Phi) is 4.39. The number of rotatable bonds is 4. The van der Waals surface area contributed by atoms with Gasteiger partial charge in [0.25, 0.3) is 5.69 Å². The second-order valence-corrected chi connectivity index (χ2v) is 3.45. The lowest BCUT2D eigenvalue weighted by molar-refractivity contribution is -0.384. The van der Waals surface area contributed by atoms with E-state index in [2.05, 4.69) is 4.74 Å². The molecule has 1 aromatic carbocycles. The van der Waals surface area contributed by atoms with Crippen LogP contribution < -0.4 is 10.9 Å². The fourth-order valence-electron chi connectivity index (χ4n) is 1.24. The zero-order valence-corrected chi connectivity index (χ0v) is 9.99. The molecule has 0 amide bonds. The van der Waals surface area contributed by atoms with Gasteiger partial charge in [-0.2, -0.15) is 0 Å². The Labute approximate surface area is 104 Å². The average molecular weight is 251 g/mol. The van der Waals surface area contributed by atoms with Gasteiger partial charge in [0, 0.05) is 23.9 Å². The molecule has 0 atom stereocenters. The van der Waals surface area contributed by atoms with E-state index in [9.17, 15) is 14.9 Å². The van der Waals surface area contributed by atoms with Gasteiger partial charge >= 0.3 is 5.97 Å². The highest BCUT2D eigenvalue weighted by atomic mass is 16.6. The van der Waals surface area contributed by atoms with E-state index in [4.69, 9.17) is 5.84 Å². The zero-order valence-electron chi connectivity index (χ0n) is 9.99. The molecule has 18 heavy (non-hydrogen) atoms. The van der Waals surface area contributed by atoms with Crippen LogP contribution in [0.15, 0.2) is 36.0 Å². The minimum Gasteiger partial charge on any atom is -0.466 e. The number of nitrogens with zero attached hydrogens (tertiary/aromatic N) is 2. The predicted molar refractivity (Wildman–Crippen MR) is 65.5 cm³/mol. The van der Waals surface area contributed by atoms with Crippen molar-refractivity contribution in [2.24, 2.45) is 5.84 Å². The lowest BCUT2D eigenvalue weighted by Crippen LogP contribution is -2.29. The maximum atomic E-state index is 11.0. The van der Waals surface area contributed by atoms with Gasteiger partial charge in [-0.25, -0.2) is 10.6 Å². The largest absolute Gasteiger partial charge is 0.466 e. The van der Waals surface area contributed by atoms with Gasteiger partial charge in [-0.1, -0.05) is 0 Å². The topological polar surface area (TPSA) is 98.7 Å². The van der Waals surface area contributed by atoms with Gasteiger partial charge in [0.1, 0.15) is 0 Å². The van der Waals surface area contributed by atoms with Crippen molar-refractivity contribution in [1.82, 2.24) is 0 Å². The Morgan fingerprint density at radius 3 is 2.44 bits per heavy atom. The van der Waals surface area contributed by atoms with E-state index in [0.717, 1.165) is 0 Å². The first-order chi connectivity index (χ1) is 8.45. The van der Waals surface area contributed by atoms with E-state index in [1.54, 1.807) is 6.92 Å². The number of nitrogens with two attached hydrogens (primary N) is 1. The number of methoxy groups -OCH3 is 1. The van der Waals surface area contributed by atoms with Crippen molar-refractivity contribution < 1.29 is 14.5 Å². The van der Waals surface area contributed by atoms with Crippen molar-refractivity contribution in [3.63, 3.8) is 0 Å². The summed E-state index contributed by atoms with van der Waals surface area (Å²) in [4.78, 5) is 21.0. The number of hydrogen-bond acceptors (Lipinski definition) is 6. The maximum absolute atomic E-state index is 11.0. The molecule has 0 unspecified atom stereocenters. The van der Waals surface area contributed by atoms with E-state index in [1.165, 1.54) is 42.5 Å². The number of benzene rings is 1. The molecule has 7 nitrogen and oxygen atoms in total. The number of nitro groups is 1. The summed E-state index contributed by atoms with van der Waals surface area (Å²) in [5, 5.41) is 11.7. The number of nitro benzene ring substituents is 1. The van der Waals surface area contributed by atoms with Crippen molar-refractivity contribution in [2.45, 2.75) is 6.92 Å². The summed E-state index contributed by atoms with van der Waals surface area (Å²) in [5.41, 5.74) is 0.954. The van der Waals surface area contributed by atoms with Gasteiger partial charge in [0.05, 0.1) is 17.7 Å². The van der Waals surface area contributed by atoms with Crippen LogP contribution in [0.3, 0.4) is 0 Å². The van der Waals surface area contributed by atoms with Gasteiger partial charge in [0.15, 0.2) is 0 Å². The van der Waals surface area contributed by atoms with Crippen LogP contribution >= 0.6 is 0 Å². The summed E-state index contributed by atoms with van der Waals surface area (Å²) >= 11 is 0. The van der Waals surface area contributed by atoms with Crippen molar-refractivity contribution in [3.05, 3.63) is 46.2 Å². The molecule has 0 heterocycles. The number of hydrogen-bond donors (Lipinski definition) is 1. The van der Waals surface area contributed by atoms with Crippen molar-refractivity contribution in [1.29, 1.82) is 0 Å². The molecule has 0 saturated carbocycles. The summed E-state index contributed by atoms with van der Waals surface area (Å²) in [7, 11) is 1.26. The molecule has 1 aromatic rings. The maximum Gasteiger partial charge on any atom is 0.332 e. The summed E-state index contributed by atoms with van der Waals surface area (Å²) < 4.78 is 4.47. The first-order valence-corrected chi connectivity index (χ1v) is 5.01. The Bertz CT molecular complexity index is 482. The number of esters is 1. The molecular formula is C11H13N3O4. The minimum atomic E-state index is -0.523. The normalized spacial score (nSPS) is 10.9. The number of non-ortho nitro benzene ring substituents is 1. The van der Waals surface area contributed by atoms with Gasteiger partial charge in [0.2, 0.25) is 0 Å². The van der Waals surface area contributed by atoms with Crippen LogP contribution in [0.25, 0.3) is 0 Å². The quantitative estimate of drug-likeness (QED) is 0.285. The van der Waals surface area contributed by atoms with E-state index in [1.807, 2.05) is 0 Å². The molecule has 0 aliphatic carbocycles. The molecule has 0 fully saturated rings. The monoisotopic (exact) mass is 251 g/mol. The summed E-state index contributed by atoms with van der Waals surface area (Å²) in [6.07, 6.45) is 1.22. The first-order valence-electron chi connectivity index (χ1n) is 5.01. The first kappa shape index (κ1) is 13.7. The molecule has 2 N–H and O–H groups in total. The van der Waals surface area contributed by atoms with Gasteiger partial charge < -0.3 is 4.74 Å². The molecule has 96 valence electrons. The standard InChI is InChI=1S/C11H13N3O4/c1-8(7-11(15)18-2)13(12)9-3-5-10(6-4-9)14(16)17/h3-7H,12H2,1-2H3/b8-7-. The van der Waals surface area contributed by atoms with Crippen LogP contribution in [0.2, 0.25) is 0 Å². The van der Waals surface area contributed by atoms with Crippen LogP contribution in [-0.2, 0) is 9.53 Å². The predicted octanol–water partition coefficient (Wildman–Crippen LogP) is 1.35. The third-order valence-corrected chi connectivity index (χ3v) is 2.25. The Morgan fingerprint density at radius 2 is 2.00 bits per heavy atom. The SMILES string of the molecule is COC(=O)/C=C(/C)N(N)c1ccc([N+](=O)[O-])cc1. The molecular weight excluding hydrogens is 238 g/mol. The fraction of sp³-hybridized carbons (Fsp3) is 0.182. The Balaban J connectivity index is 2.90. The van der Waals surface area contributed by atoms with Gasteiger partial charge in [-0.15, -0.1) is 0 Å². The van der Waals surface area contributed by atoms with Crippen molar-refractivity contribution in [2.75, 3.05) is 12.1 Å². The second-order valence-electron chi connectivity index (χ2n) is 3.45. The number of ether oxygens (including phenoxy) is 1. The molecule has 0 aliphatic rings. The number of hydrazine groups is 1. The zero-order chi connectivity index (χ0) is 13.7. The second kappa shape index (κ2) is 5.78. The fourth-order valence-corrected chi connectivity index (χ4v) is 1.24. The number of carbonyl (C=O) groups is 1. The number of anilines is 1. The third-order valence-electron chi connectivity index (χ3n) is 2.25. The number of carbonyl (C=O) groups excluding carboxylic acids is 1. The van der Waals surface area contributed by atoms with Gasteiger partial charge in [-0.3, -0.25) is 15.1 Å². The minimum absolute atomic E-state index is 0.0262. The lowest BCUT2D eigenvalue weighted by atomic mass is 10.2. The summed E-state index contributed by atoms with van der Waals surface area (Å²) in [6.45, 7) is 1.62. The van der Waals surface area contributed by atoms with E-state index in [-0.39, 0.29) is 5.69 Å². The number of allylic oxidation sites excluding steroid dienone is 1. The Hall–Kier alpha value is -2.41. The molecule has 0 saturated heterocycles. The van der Waals surface area contributed by atoms with Crippen LogP contribution in [-0.4, -0.2) is 18.0 Å². The molecule has 0 spiro atoms. The molecule has 1 rings (SSSR count). The van der Waals surface area contributed by atoms with Crippen molar-refractivity contribution >= 4 is 17.3 Å². The molecule has 7 heteroatoms. The molecule has 0 aromatic heterocycles. The highest BCUT2D eigenvalue weighted by molar-refractivity contribution is 5.83. The van der Waals surface area contributed by atoms with E-state index >= 15 is 0 Å². The molecule has 0 radical (unpaired) electrons. The van der Waals surface area contributed by atoms with Crippen LogP contribution in [0, 0.1) is 10.1 Å². The van der Waals surface area contributed by atoms with Crippen LogP contribution in [0.1, 0.15) is 6.92 Å². The third kappa shape index (κ3) is 3.29. The molecule has 0 aliphatic heterocycles. The lowest BCUT2D eigenvalue weighted by Gasteiger charge is -2.18. The smallest absolute Gasteiger partial charge is 0.332 e. The molecule has 0 bridgehead atoms. The summed E-state index contributed by atoms with van der Waals surface area (Å²) in [5.74, 6) is 5.23. The van der Waals surface area contributed by atoms with Crippen LogP contribution in [0.5, 0.6) is 0 Å². The van der Waals surface area contributed by atoms with Gasteiger partial charge in [-0.05, 0) is 19.1 Å². The highest BCUT2D eigenvalue weighted by Crippen LogP contribution is 2.19. The summed E-state index contributed by atoms with van der Waals surface area (Å²) in [6, 6.07) is 5.65. The van der Waals surface area contributed by atoms with E-state index < -0.39 is 10.9 Å². The van der Waals surface area contributed by atoms with Crippen LogP contribution in [0.4, 0.5) is 11.4 Å². The Morgan fingerprint density at radius 1 is 1.44 bits per heavy atom.